The summed E-state index contributed by atoms with van der Waals surface area (Å²) in [4.78, 5) is 0. The summed E-state index contributed by atoms with van der Waals surface area (Å²) in [7, 11) is 0. The molecular weight excluding hydrogens is 150 g/mol. The Hall–Kier alpha value is -1.02. The van der Waals surface area contributed by atoms with Gasteiger partial charge in [0.1, 0.15) is 5.76 Å². The number of nitrogens with two attached hydrogens (primary N) is 1. The van der Waals surface area contributed by atoms with Gasteiger partial charge in [0.2, 0.25) is 0 Å². The van der Waals surface area contributed by atoms with E-state index in [1.807, 2.05) is 12.2 Å². The van der Waals surface area contributed by atoms with Crippen LogP contribution in [0.4, 0.5) is 0 Å². The van der Waals surface area contributed by atoms with E-state index < -0.39 is 0 Å². The largest absolute Gasteiger partial charge is 0.508 e. The second-order valence-electron chi connectivity index (χ2n) is 2.92. The summed E-state index contributed by atoms with van der Waals surface area (Å²) in [5.41, 5.74) is 7.40. The number of aliphatic hydroxyl groups excluding tert-OH is 1. The number of hydrogen-bond donors (Lipinski definition) is 2. The standard InChI is InChI=1S/C10H15NO/c1-2-4-8-5-3-6-9(7-11)10(8)12/h2,6,12H,1,3-5,7,11H2. The van der Waals surface area contributed by atoms with Crippen molar-refractivity contribution in [2.45, 2.75) is 19.3 Å². The van der Waals surface area contributed by atoms with Gasteiger partial charge in [-0.2, -0.15) is 0 Å². The molecule has 0 aromatic heterocycles. The first-order valence-corrected chi connectivity index (χ1v) is 4.21. The van der Waals surface area contributed by atoms with Gasteiger partial charge < -0.3 is 10.8 Å². The maximum absolute atomic E-state index is 9.64. The number of hydrogen-bond acceptors (Lipinski definition) is 2. The molecule has 0 saturated heterocycles. The molecule has 0 unspecified atom stereocenters. The SMILES string of the molecule is C=CCC1=C(O)C(CN)=CCC1. The van der Waals surface area contributed by atoms with Gasteiger partial charge in [-0.25, -0.2) is 0 Å². The molecule has 0 spiro atoms. The van der Waals surface area contributed by atoms with Crippen molar-refractivity contribution in [2.24, 2.45) is 5.73 Å². The molecule has 3 N–H and O–H groups in total. The van der Waals surface area contributed by atoms with Crippen LogP contribution in [0.2, 0.25) is 0 Å². The van der Waals surface area contributed by atoms with Crippen LogP contribution in [-0.4, -0.2) is 11.7 Å². The maximum Gasteiger partial charge on any atom is 0.119 e. The lowest BCUT2D eigenvalue weighted by Crippen LogP contribution is -2.10. The smallest absolute Gasteiger partial charge is 0.119 e. The molecule has 1 aliphatic carbocycles. The molecule has 1 aliphatic rings. The van der Waals surface area contributed by atoms with Crippen molar-refractivity contribution in [1.82, 2.24) is 0 Å². The van der Waals surface area contributed by atoms with Crippen LogP contribution in [0, 0.1) is 0 Å². The van der Waals surface area contributed by atoms with Crippen LogP contribution in [0.15, 0.2) is 35.6 Å². The van der Waals surface area contributed by atoms with E-state index in [0.29, 0.717) is 12.3 Å². The van der Waals surface area contributed by atoms with Crippen LogP contribution in [0.1, 0.15) is 19.3 Å². The topological polar surface area (TPSA) is 46.2 Å². The van der Waals surface area contributed by atoms with Gasteiger partial charge in [-0.05, 0) is 24.8 Å². The Morgan fingerprint density at radius 1 is 1.67 bits per heavy atom. The van der Waals surface area contributed by atoms with Crippen molar-refractivity contribution in [3.05, 3.63) is 35.6 Å². The van der Waals surface area contributed by atoms with E-state index in [1.54, 1.807) is 0 Å². The molecule has 0 fully saturated rings. The predicted octanol–water partition coefficient (Wildman–Crippen LogP) is 2.05. The Morgan fingerprint density at radius 3 is 3.00 bits per heavy atom. The molecule has 2 heteroatoms. The molecule has 0 aromatic carbocycles. The number of rotatable bonds is 3. The van der Waals surface area contributed by atoms with E-state index in [-0.39, 0.29) is 0 Å². The van der Waals surface area contributed by atoms with Gasteiger partial charge in [0.25, 0.3) is 0 Å². The molecule has 0 radical (unpaired) electrons. The lowest BCUT2D eigenvalue weighted by Gasteiger charge is -2.15. The van der Waals surface area contributed by atoms with E-state index in [4.69, 9.17) is 5.73 Å². The first-order chi connectivity index (χ1) is 5.79. The third-order valence-electron chi connectivity index (χ3n) is 2.09. The molecule has 2 nitrogen and oxygen atoms in total. The summed E-state index contributed by atoms with van der Waals surface area (Å²) < 4.78 is 0. The van der Waals surface area contributed by atoms with Crippen molar-refractivity contribution in [3.8, 4) is 0 Å². The highest BCUT2D eigenvalue weighted by Crippen LogP contribution is 2.24. The molecule has 66 valence electrons. The highest BCUT2D eigenvalue weighted by atomic mass is 16.3. The average Bonchev–Trinajstić information content (AvgIpc) is 2.09. The monoisotopic (exact) mass is 165 g/mol. The van der Waals surface area contributed by atoms with Gasteiger partial charge in [0.15, 0.2) is 0 Å². The van der Waals surface area contributed by atoms with Gasteiger partial charge in [-0.1, -0.05) is 12.2 Å². The molecule has 0 atom stereocenters. The summed E-state index contributed by atoms with van der Waals surface area (Å²) in [6.45, 7) is 4.07. The Labute approximate surface area is 73.1 Å². The minimum atomic E-state index is 0.392. The summed E-state index contributed by atoms with van der Waals surface area (Å²) in [6, 6.07) is 0. The van der Waals surface area contributed by atoms with Crippen molar-refractivity contribution >= 4 is 0 Å². The van der Waals surface area contributed by atoms with E-state index in [9.17, 15) is 5.11 Å². The van der Waals surface area contributed by atoms with E-state index in [2.05, 4.69) is 6.58 Å². The van der Waals surface area contributed by atoms with Crippen LogP contribution in [-0.2, 0) is 0 Å². The Morgan fingerprint density at radius 2 is 2.42 bits per heavy atom. The first-order valence-electron chi connectivity index (χ1n) is 4.21. The van der Waals surface area contributed by atoms with E-state index >= 15 is 0 Å². The van der Waals surface area contributed by atoms with Crippen LogP contribution in [0.3, 0.4) is 0 Å². The molecule has 0 heterocycles. The third kappa shape index (κ3) is 1.77. The fourth-order valence-corrected chi connectivity index (χ4v) is 1.42. The molecular formula is C10H15NO. The minimum Gasteiger partial charge on any atom is -0.508 e. The molecule has 0 bridgehead atoms. The number of allylic oxidation sites excluding steroid dienone is 3. The van der Waals surface area contributed by atoms with E-state index in [1.165, 1.54) is 0 Å². The van der Waals surface area contributed by atoms with Crippen molar-refractivity contribution in [2.75, 3.05) is 6.54 Å². The molecule has 0 amide bonds. The first kappa shape index (κ1) is 9.07. The summed E-state index contributed by atoms with van der Waals surface area (Å²) in [6.07, 6.45) is 6.50. The minimum absolute atomic E-state index is 0.392. The fraction of sp³-hybridized carbons (Fsp3) is 0.400. The van der Waals surface area contributed by atoms with Crippen molar-refractivity contribution in [1.29, 1.82) is 0 Å². The van der Waals surface area contributed by atoms with Gasteiger partial charge in [0.05, 0.1) is 0 Å². The Bertz CT molecular complexity index is 238. The normalized spacial score (nSPS) is 17.6. The van der Waals surface area contributed by atoms with E-state index in [0.717, 1.165) is 30.4 Å². The molecule has 12 heavy (non-hydrogen) atoms. The van der Waals surface area contributed by atoms with Gasteiger partial charge in [-0.3, -0.25) is 0 Å². The quantitative estimate of drug-likeness (QED) is 0.629. The third-order valence-corrected chi connectivity index (χ3v) is 2.09. The molecule has 0 saturated carbocycles. The molecule has 1 rings (SSSR count). The van der Waals surface area contributed by atoms with Gasteiger partial charge >= 0.3 is 0 Å². The van der Waals surface area contributed by atoms with Crippen molar-refractivity contribution in [3.63, 3.8) is 0 Å². The van der Waals surface area contributed by atoms with Gasteiger partial charge in [0, 0.05) is 12.1 Å². The van der Waals surface area contributed by atoms with Crippen LogP contribution < -0.4 is 5.73 Å². The summed E-state index contributed by atoms with van der Waals surface area (Å²) in [5.74, 6) is 0.392. The fourth-order valence-electron chi connectivity index (χ4n) is 1.42. The summed E-state index contributed by atoms with van der Waals surface area (Å²) >= 11 is 0. The lowest BCUT2D eigenvalue weighted by molar-refractivity contribution is 0.406. The Kier molecular flexibility index (Phi) is 3.11. The van der Waals surface area contributed by atoms with Crippen LogP contribution in [0.5, 0.6) is 0 Å². The molecule has 0 aromatic rings. The van der Waals surface area contributed by atoms with Crippen LogP contribution in [0.25, 0.3) is 0 Å². The zero-order valence-corrected chi connectivity index (χ0v) is 7.21. The second-order valence-corrected chi connectivity index (χ2v) is 2.92. The second kappa shape index (κ2) is 4.12. The number of aliphatic hydroxyl groups is 1. The molecule has 0 aliphatic heterocycles. The Balaban J connectivity index is 2.82. The lowest BCUT2D eigenvalue weighted by atomic mass is 9.95. The highest BCUT2D eigenvalue weighted by Gasteiger charge is 2.12. The zero-order valence-electron chi connectivity index (χ0n) is 7.21. The van der Waals surface area contributed by atoms with Crippen LogP contribution >= 0.6 is 0 Å². The van der Waals surface area contributed by atoms with Crippen molar-refractivity contribution < 1.29 is 5.11 Å². The van der Waals surface area contributed by atoms with Gasteiger partial charge in [-0.15, -0.1) is 6.58 Å². The average molecular weight is 165 g/mol. The highest BCUT2D eigenvalue weighted by molar-refractivity contribution is 5.34. The summed E-state index contributed by atoms with van der Waals surface area (Å²) in [5, 5.41) is 9.64. The zero-order chi connectivity index (χ0) is 8.97. The predicted molar refractivity (Wildman–Crippen MR) is 50.8 cm³/mol. The maximum atomic E-state index is 9.64.